The first kappa shape index (κ1) is 34.2. The van der Waals surface area contributed by atoms with Crippen molar-refractivity contribution in [3.05, 3.63) is 52.1 Å². The van der Waals surface area contributed by atoms with E-state index in [1.165, 1.54) is 18.7 Å². The number of alkyl carbamates (subject to hydrolysis) is 1. The molecule has 1 aromatic carbocycles. The maximum atomic E-state index is 13.0. The van der Waals surface area contributed by atoms with E-state index in [1.807, 2.05) is 49.9 Å². The number of carbonyl (C=O) groups is 3. The van der Waals surface area contributed by atoms with E-state index >= 15 is 0 Å². The lowest BCUT2D eigenvalue weighted by molar-refractivity contribution is -0.154. The highest BCUT2D eigenvalue weighted by atomic mass is 32.2. The molecule has 1 atom stereocenters. The van der Waals surface area contributed by atoms with E-state index in [1.54, 1.807) is 20.8 Å². The molecular weight excluding hydrogens is 580 g/mol. The van der Waals surface area contributed by atoms with Crippen molar-refractivity contribution >= 4 is 35.5 Å². The summed E-state index contributed by atoms with van der Waals surface area (Å²) in [6.07, 6.45) is -0.669. The largest absolute Gasteiger partial charge is 0.457 e. The first-order valence-electron chi connectivity index (χ1n) is 14.5. The standard InChI is InChI=1S/C32H40N6O5S/c1-8-24-25(13-33)28(37-29(26(24)14-34)44-18-22-11-9-21(10-12-22)15-35-20(4)39)38-16-23(17-38)42-30(40)27(19(2)3)36-31(41)43-32(5,6)7/h9-12,19,23,27H,8,15-18H2,1-7H3,(H,35,39)(H,36,41). The van der Waals surface area contributed by atoms with Crippen LogP contribution in [-0.2, 0) is 37.8 Å². The second kappa shape index (κ2) is 14.9. The number of pyridine rings is 1. The number of hydrogen-bond donors (Lipinski definition) is 2. The van der Waals surface area contributed by atoms with Crippen molar-refractivity contribution in [3.63, 3.8) is 0 Å². The van der Waals surface area contributed by atoms with Gasteiger partial charge < -0.3 is 25.0 Å². The maximum Gasteiger partial charge on any atom is 0.408 e. The monoisotopic (exact) mass is 620 g/mol. The molecule has 2 amide bonds. The van der Waals surface area contributed by atoms with Gasteiger partial charge in [0.1, 0.15) is 40.7 Å². The summed E-state index contributed by atoms with van der Waals surface area (Å²) in [4.78, 5) is 43.0. The lowest BCUT2D eigenvalue weighted by Crippen LogP contribution is -2.56. The van der Waals surface area contributed by atoms with Gasteiger partial charge in [-0.2, -0.15) is 10.5 Å². The molecule has 44 heavy (non-hydrogen) atoms. The average Bonchev–Trinajstić information content (AvgIpc) is 2.93. The molecule has 0 saturated carbocycles. The van der Waals surface area contributed by atoms with Crippen LogP contribution in [0, 0.1) is 28.6 Å². The zero-order chi connectivity index (χ0) is 32.6. The summed E-state index contributed by atoms with van der Waals surface area (Å²) in [6.45, 7) is 13.3. The molecule has 12 heteroatoms. The maximum absolute atomic E-state index is 13.0. The lowest BCUT2D eigenvalue weighted by Gasteiger charge is -2.40. The molecular formula is C32H40N6O5S. The van der Waals surface area contributed by atoms with Gasteiger partial charge in [-0.15, -0.1) is 11.8 Å². The van der Waals surface area contributed by atoms with Crippen molar-refractivity contribution in [2.75, 3.05) is 18.0 Å². The molecule has 0 radical (unpaired) electrons. The van der Waals surface area contributed by atoms with Crippen LogP contribution < -0.4 is 15.5 Å². The number of hydrogen-bond acceptors (Lipinski definition) is 10. The molecule has 1 aromatic heterocycles. The highest BCUT2D eigenvalue weighted by Crippen LogP contribution is 2.35. The minimum absolute atomic E-state index is 0.0928. The number of esters is 1. The number of carbonyl (C=O) groups excluding carboxylic acids is 3. The third kappa shape index (κ3) is 9.10. The van der Waals surface area contributed by atoms with Gasteiger partial charge in [-0.05, 0) is 49.8 Å². The van der Waals surface area contributed by atoms with E-state index in [-0.39, 0.29) is 11.8 Å². The highest BCUT2D eigenvalue weighted by Gasteiger charge is 2.37. The Morgan fingerprint density at radius 1 is 1.09 bits per heavy atom. The third-order valence-corrected chi connectivity index (χ3v) is 7.84. The van der Waals surface area contributed by atoms with E-state index in [2.05, 4.69) is 22.8 Å². The van der Waals surface area contributed by atoms with Gasteiger partial charge in [-0.1, -0.05) is 45.0 Å². The average molecular weight is 621 g/mol. The Kier molecular flexibility index (Phi) is 11.6. The summed E-state index contributed by atoms with van der Waals surface area (Å²) in [6, 6.07) is 11.4. The van der Waals surface area contributed by atoms with Crippen molar-refractivity contribution in [2.45, 2.75) is 90.0 Å². The smallest absolute Gasteiger partial charge is 0.408 e. The molecule has 1 unspecified atom stereocenters. The van der Waals surface area contributed by atoms with Crippen LogP contribution in [0.3, 0.4) is 0 Å². The number of nitrogens with zero attached hydrogens (tertiary/aromatic N) is 4. The van der Waals surface area contributed by atoms with E-state index in [9.17, 15) is 24.9 Å². The van der Waals surface area contributed by atoms with Crippen LogP contribution in [0.5, 0.6) is 0 Å². The second-order valence-corrected chi connectivity index (χ2v) is 12.9. The van der Waals surface area contributed by atoms with Crippen molar-refractivity contribution in [1.82, 2.24) is 15.6 Å². The Hall–Kier alpha value is -4.29. The molecule has 0 spiro atoms. The SMILES string of the molecule is CCc1c(C#N)c(SCc2ccc(CNC(C)=O)cc2)nc(N2CC(OC(=O)C(NC(=O)OC(C)(C)C)C(C)C)C2)c1C#N. The molecule has 1 aliphatic heterocycles. The fourth-order valence-electron chi connectivity index (χ4n) is 4.50. The Balaban J connectivity index is 1.72. The van der Waals surface area contributed by atoms with Crippen LogP contribution in [0.4, 0.5) is 10.6 Å². The third-order valence-electron chi connectivity index (χ3n) is 6.79. The van der Waals surface area contributed by atoms with Crippen LogP contribution in [0.1, 0.15) is 76.3 Å². The zero-order valence-electron chi connectivity index (χ0n) is 26.3. The van der Waals surface area contributed by atoms with Gasteiger partial charge >= 0.3 is 12.1 Å². The topological polar surface area (TPSA) is 157 Å². The zero-order valence-corrected chi connectivity index (χ0v) is 27.1. The van der Waals surface area contributed by atoms with Gasteiger partial charge in [0, 0.05) is 19.2 Å². The molecule has 2 heterocycles. The Morgan fingerprint density at radius 3 is 2.23 bits per heavy atom. The van der Waals surface area contributed by atoms with Crippen LogP contribution in [0.2, 0.25) is 0 Å². The van der Waals surface area contributed by atoms with Crippen LogP contribution in [0.15, 0.2) is 29.3 Å². The summed E-state index contributed by atoms with van der Waals surface area (Å²) < 4.78 is 11.0. The number of rotatable bonds is 11. The predicted molar refractivity (Wildman–Crippen MR) is 167 cm³/mol. The predicted octanol–water partition coefficient (Wildman–Crippen LogP) is 4.60. The molecule has 1 fully saturated rings. The second-order valence-electron chi connectivity index (χ2n) is 11.9. The Bertz CT molecular complexity index is 1450. The van der Waals surface area contributed by atoms with Gasteiger partial charge in [0.2, 0.25) is 5.91 Å². The summed E-state index contributed by atoms with van der Waals surface area (Å²) in [5, 5.41) is 25.9. The minimum atomic E-state index is -0.879. The minimum Gasteiger partial charge on any atom is -0.457 e. The Labute approximate surface area is 263 Å². The molecule has 1 saturated heterocycles. The van der Waals surface area contributed by atoms with Gasteiger partial charge in [0.25, 0.3) is 0 Å². The number of anilines is 1. The molecule has 234 valence electrons. The van der Waals surface area contributed by atoms with Gasteiger partial charge in [0.05, 0.1) is 24.2 Å². The van der Waals surface area contributed by atoms with E-state index in [0.717, 1.165) is 11.1 Å². The molecule has 2 N–H and O–H groups in total. The van der Waals surface area contributed by atoms with Crippen LogP contribution in [-0.4, -0.2) is 53.8 Å². The van der Waals surface area contributed by atoms with Crippen LogP contribution >= 0.6 is 11.8 Å². The first-order chi connectivity index (χ1) is 20.8. The number of amides is 2. The number of aromatic nitrogens is 1. The van der Waals surface area contributed by atoms with Crippen molar-refractivity contribution < 1.29 is 23.9 Å². The number of ether oxygens (including phenoxy) is 2. The van der Waals surface area contributed by atoms with Crippen molar-refractivity contribution in [2.24, 2.45) is 5.92 Å². The van der Waals surface area contributed by atoms with Crippen molar-refractivity contribution in [1.29, 1.82) is 10.5 Å². The summed E-state index contributed by atoms with van der Waals surface area (Å²) in [5.74, 6) is 0.132. The molecule has 3 rings (SSSR count). The summed E-state index contributed by atoms with van der Waals surface area (Å²) >= 11 is 1.41. The molecule has 2 aromatic rings. The summed E-state index contributed by atoms with van der Waals surface area (Å²) in [7, 11) is 0. The number of nitrogens with one attached hydrogen (secondary N) is 2. The van der Waals surface area contributed by atoms with Gasteiger partial charge in [-0.25, -0.2) is 14.6 Å². The number of nitriles is 2. The van der Waals surface area contributed by atoms with E-state index < -0.39 is 29.8 Å². The molecule has 11 nitrogen and oxygen atoms in total. The molecule has 0 aliphatic carbocycles. The summed E-state index contributed by atoms with van der Waals surface area (Å²) in [5.41, 5.74) is 2.65. The van der Waals surface area contributed by atoms with E-state index in [4.69, 9.17) is 14.5 Å². The lowest BCUT2D eigenvalue weighted by atomic mass is 10.0. The molecule has 0 bridgehead atoms. The highest BCUT2D eigenvalue weighted by molar-refractivity contribution is 7.98. The Morgan fingerprint density at radius 2 is 1.70 bits per heavy atom. The normalized spacial score (nSPS) is 13.7. The van der Waals surface area contributed by atoms with Crippen molar-refractivity contribution in [3.8, 4) is 12.1 Å². The fraction of sp³-hybridized carbons (Fsp3) is 0.500. The number of benzene rings is 1. The number of thioether (sulfide) groups is 1. The van der Waals surface area contributed by atoms with Crippen LogP contribution in [0.25, 0.3) is 0 Å². The van der Waals surface area contributed by atoms with Gasteiger partial charge in [-0.3, -0.25) is 4.79 Å². The van der Waals surface area contributed by atoms with E-state index in [0.29, 0.717) is 59.3 Å². The van der Waals surface area contributed by atoms with Gasteiger partial charge in [0.15, 0.2) is 0 Å². The first-order valence-corrected chi connectivity index (χ1v) is 15.5. The fourth-order valence-corrected chi connectivity index (χ4v) is 5.46. The molecule has 1 aliphatic rings. The quantitative estimate of drug-likeness (QED) is 0.269.